The van der Waals surface area contributed by atoms with Crippen LogP contribution in [-0.4, -0.2) is 50.7 Å². The third kappa shape index (κ3) is 9.98. The summed E-state index contributed by atoms with van der Waals surface area (Å²) in [5.74, 6) is -2.12. The molecule has 120 valence electrons. The van der Waals surface area contributed by atoms with Gasteiger partial charge >= 0.3 is 12.1 Å². The molecule has 1 atom stereocenters. The fraction of sp³-hybridized carbons (Fsp3) is 0.900. The number of carboxylic acid groups (broad SMARTS) is 1. The second-order valence-electron chi connectivity index (χ2n) is 4.62. The van der Waals surface area contributed by atoms with E-state index in [4.69, 9.17) is 5.11 Å². The normalized spacial score (nSPS) is 14.5. The van der Waals surface area contributed by atoms with Gasteiger partial charge < -0.3 is 9.84 Å². The molecule has 0 heterocycles. The van der Waals surface area contributed by atoms with E-state index < -0.39 is 47.2 Å². The highest BCUT2D eigenvalue weighted by Crippen LogP contribution is 2.14. The fourth-order valence-electron chi connectivity index (χ4n) is 1.30. The van der Waals surface area contributed by atoms with E-state index in [1.54, 1.807) is 13.8 Å². The molecule has 0 saturated carbocycles. The summed E-state index contributed by atoms with van der Waals surface area (Å²) in [5, 5.41) is 8.86. The van der Waals surface area contributed by atoms with Crippen LogP contribution in [0.2, 0.25) is 0 Å². The van der Waals surface area contributed by atoms with Gasteiger partial charge in [-0.25, -0.2) is 13.1 Å². The summed E-state index contributed by atoms with van der Waals surface area (Å²) in [6, 6.07) is -1.30. The SMILES string of the molecule is CC(C)CC(NS(=O)(=O)CCOCC(F)(F)F)C(=O)O. The van der Waals surface area contributed by atoms with Gasteiger partial charge in [-0.15, -0.1) is 0 Å². The van der Waals surface area contributed by atoms with Crippen LogP contribution >= 0.6 is 0 Å². The van der Waals surface area contributed by atoms with Crippen molar-refractivity contribution in [1.29, 1.82) is 0 Å². The van der Waals surface area contributed by atoms with E-state index in [2.05, 4.69) is 4.74 Å². The van der Waals surface area contributed by atoms with Gasteiger partial charge in [0, 0.05) is 0 Å². The quantitative estimate of drug-likeness (QED) is 0.618. The topological polar surface area (TPSA) is 92.7 Å². The number of ether oxygens (including phenoxy) is 1. The number of nitrogens with one attached hydrogen (secondary N) is 1. The molecule has 0 aromatic carbocycles. The molecule has 0 rings (SSSR count). The van der Waals surface area contributed by atoms with Crippen molar-refractivity contribution in [2.45, 2.75) is 32.5 Å². The van der Waals surface area contributed by atoms with Gasteiger partial charge in [-0.2, -0.15) is 13.2 Å². The predicted octanol–water partition coefficient (Wildman–Crippen LogP) is 0.984. The first-order valence-electron chi connectivity index (χ1n) is 5.80. The molecule has 0 bridgehead atoms. The molecular formula is C10H18F3NO5S. The minimum atomic E-state index is -4.53. The maximum absolute atomic E-state index is 11.8. The highest BCUT2D eigenvalue weighted by molar-refractivity contribution is 7.89. The zero-order valence-corrected chi connectivity index (χ0v) is 11.9. The van der Waals surface area contributed by atoms with Crippen molar-refractivity contribution < 1.29 is 36.2 Å². The van der Waals surface area contributed by atoms with Gasteiger partial charge in [-0.3, -0.25) is 4.79 Å². The first-order valence-corrected chi connectivity index (χ1v) is 7.45. The highest BCUT2D eigenvalue weighted by atomic mass is 32.2. The third-order valence-corrected chi connectivity index (χ3v) is 3.44. The predicted molar refractivity (Wildman–Crippen MR) is 64.7 cm³/mol. The smallest absolute Gasteiger partial charge is 0.411 e. The number of rotatable bonds is 9. The zero-order valence-electron chi connectivity index (χ0n) is 11.1. The molecule has 0 fully saturated rings. The van der Waals surface area contributed by atoms with Gasteiger partial charge in [0.05, 0.1) is 12.4 Å². The lowest BCUT2D eigenvalue weighted by Crippen LogP contribution is -2.43. The van der Waals surface area contributed by atoms with Gasteiger partial charge in [0.15, 0.2) is 0 Å². The van der Waals surface area contributed by atoms with Crippen LogP contribution in [-0.2, 0) is 19.6 Å². The molecule has 1 unspecified atom stereocenters. The van der Waals surface area contributed by atoms with E-state index in [1.165, 1.54) is 0 Å². The van der Waals surface area contributed by atoms with Crippen LogP contribution in [0.1, 0.15) is 20.3 Å². The Bertz CT molecular complexity index is 408. The molecule has 0 aliphatic heterocycles. The van der Waals surface area contributed by atoms with Crippen molar-refractivity contribution in [2.24, 2.45) is 5.92 Å². The lowest BCUT2D eigenvalue weighted by atomic mass is 10.1. The summed E-state index contributed by atoms with van der Waals surface area (Å²) >= 11 is 0. The first kappa shape index (κ1) is 19.1. The van der Waals surface area contributed by atoms with Gasteiger partial charge in [0.1, 0.15) is 12.6 Å². The van der Waals surface area contributed by atoms with Crippen molar-refractivity contribution in [3.8, 4) is 0 Å². The number of carbonyl (C=O) groups is 1. The Morgan fingerprint density at radius 1 is 1.35 bits per heavy atom. The second kappa shape index (κ2) is 7.79. The standard InChI is InChI=1S/C10H18F3NO5S/c1-7(2)5-8(9(15)16)14-20(17,18)4-3-19-6-10(11,12)13/h7-8,14H,3-6H2,1-2H3,(H,15,16). The largest absolute Gasteiger partial charge is 0.480 e. The van der Waals surface area contributed by atoms with Crippen LogP contribution in [0.3, 0.4) is 0 Å². The lowest BCUT2D eigenvalue weighted by molar-refractivity contribution is -0.172. The molecule has 0 saturated heterocycles. The zero-order chi connectivity index (χ0) is 16.0. The Kier molecular flexibility index (Phi) is 7.45. The third-order valence-electron chi connectivity index (χ3n) is 2.09. The van der Waals surface area contributed by atoms with Crippen molar-refractivity contribution in [1.82, 2.24) is 4.72 Å². The van der Waals surface area contributed by atoms with Gasteiger partial charge in [0.25, 0.3) is 0 Å². The molecule has 0 aliphatic rings. The molecule has 6 nitrogen and oxygen atoms in total. The average Bonchev–Trinajstić information content (AvgIpc) is 2.21. The van der Waals surface area contributed by atoms with Crippen LogP contribution in [0, 0.1) is 5.92 Å². The Morgan fingerprint density at radius 2 is 1.90 bits per heavy atom. The summed E-state index contributed by atoms with van der Waals surface area (Å²) in [6.07, 6.45) is -4.45. The molecule has 0 aliphatic carbocycles. The Hall–Kier alpha value is -0.870. The summed E-state index contributed by atoms with van der Waals surface area (Å²) in [6.45, 7) is 1.23. The van der Waals surface area contributed by atoms with Gasteiger partial charge in [-0.1, -0.05) is 13.8 Å². The molecule has 0 aromatic rings. The van der Waals surface area contributed by atoms with Crippen molar-refractivity contribution in [3.05, 3.63) is 0 Å². The maximum Gasteiger partial charge on any atom is 0.411 e. The van der Waals surface area contributed by atoms with Gasteiger partial charge in [-0.05, 0) is 12.3 Å². The molecule has 0 radical (unpaired) electrons. The average molecular weight is 321 g/mol. The molecule has 2 N–H and O–H groups in total. The van der Waals surface area contributed by atoms with Crippen LogP contribution in [0.25, 0.3) is 0 Å². The van der Waals surface area contributed by atoms with Crippen LogP contribution in [0.15, 0.2) is 0 Å². The number of hydrogen-bond donors (Lipinski definition) is 2. The van der Waals surface area contributed by atoms with Crippen molar-refractivity contribution >= 4 is 16.0 Å². The Morgan fingerprint density at radius 3 is 2.30 bits per heavy atom. The molecule has 10 heteroatoms. The maximum atomic E-state index is 11.8. The van der Waals surface area contributed by atoms with E-state index in [-0.39, 0.29) is 12.3 Å². The monoisotopic (exact) mass is 321 g/mol. The summed E-state index contributed by atoms with van der Waals surface area (Å²) in [7, 11) is -4.01. The summed E-state index contributed by atoms with van der Waals surface area (Å²) in [5.41, 5.74) is 0. The number of aliphatic carboxylic acids is 1. The van der Waals surface area contributed by atoms with E-state index in [0.29, 0.717) is 0 Å². The highest BCUT2D eigenvalue weighted by Gasteiger charge is 2.28. The van der Waals surface area contributed by atoms with Crippen molar-refractivity contribution in [2.75, 3.05) is 19.0 Å². The number of sulfonamides is 1. The number of halogens is 3. The molecular weight excluding hydrogens is 303 g/mol. The van der Waals surface area contributed by atoms with E-state index >= 15 is 0 Å². The van der Waals surface area contributed by atoms with E-state index in [1.807, 2.05) is 4.72 Å². The van der Waals surface area contributed by atoms with Crippen LogP contribution in [0.5, 0.6) is 0 Å². The molecule has 0 spiro atoms. The van der Waals surface area contributed by atoms with Crippen LogP contribution in [0.4, 0.5) is 13.2 Å². The molecule has 20 heavy (non-hydrogen) atoms. The Labute approximate surface area is 115 Å². The summed E-state index contributed by atoms with van der Waals surface area (Å²) in [4.78, 5) is 10.9. The molecule has 0 amide bonds. The fourth-order valence-corrected chi connectivity index (χ4v) is 2.39. The summed E-state index contributed by atoms with van der Waals surface area (Å²) < 4.78 is 64.4. The Balaban J connectivity index is 4.32. The number of hydrogen-bond acceptors (Lipinski definition) is 4. The van der Waals surface area contributed by atoms with E-state index in [9.17, 15) is 26.4 Å². The van der Waals surface area contributed by atoms with Gasteiger partial charge in [0.2, 0.25) is 10.0 Å². The van der Waals surface area contributed by atoms with E-state index in [0.717, 1.165) is 0 Å². The number of carboxylic acids is 1. The first-order chi connectivity index (χ1) is 8.93. The van der Waals surface area contributed by atoms with Crippen LogP contribution < -0.4 is 4.72 Å². The minimum absolute atomic E-state index is 0.0553. The van der Waals surface area contributed by atoms with Crippen molar-refractivity contribution in [3.63, 3.8) is 0 Å². The molecule has 0 aromatic heterocycles. The number of alkyl halides is 3. The minimum Gasteiger partial charge on any atom is -0.480 e. The lowest BCUT2D eigenvalue weighted by Gasteiger charge is -2.16. The second-order valence-corrected chi connectivity index (χ2v) is 6.50.